The van der Waals surface area contributed by atoms with Gasteiger partial charge in [0.2, 0.25) is 17.7 Å². The first-order valence-electron chi connectivity index (χ1n) is 11.2. The SMILES string of the molecule is O=C(O)CCNC(=O)C1CCCN1C(=O)C1CCCN1C(=O)C(S)C1CCCCC1.S. The summed E-state index contributed by atoms with van der Waals surface area (Å²) >= 11 is 4.64. The maximum atomic E-state index is 13.3. The molecule has 1 saturated carbocycles. The zero-order valence-electron chi connectivity index (χ0n) is 17.9. The number of nitrogens with zero attached hydrogens (tertiary/aromatic N) is 2. The first-order chi connectivity index (χ1) is 14.4. The van der Waals surface area contributed by atoms with E-state index in [0.717, 1.165) is 38.5 Å². The molecule has 0 aromatic heterocycles. The molecule has 8 nitrogen and oxygen atoms in total. The third-order valence-corrected chi connectivity index (χ3v) is 7.29. The summed E-state index contributed by atoms with van der Waals surface area (Å²) in [6, 6.07) is -1.11. The van der Waals surface area contributed by atoms with Crippen molar-refractivity contribution in [3.05, 3.63) is 0 Å². The molecule has 3 amide bonds. The normalized spacial score (nSPS) is 25.1. The molecule has 0 aromatic rings. The van der Waals surface area contributed by atoms with E-state index in [1.165, 1.54) is 6.42 Å². The number of amides is 3. The minimum absolute atomic E-state index is 0. The van der Waals surface area contributed by atoms with Gasteiger partial charge in [0.05, 0.1) is 11.7 Å². The second kappa shape index (κ2) is 12.0. The Hall–Kier alpha value is -1.42. The van der Waals surface area contributed by atoms with Crippen molar-refractivity contribution in [2.45, 2.75) is 81.5 Å². The highest BCUT2D eigenvalue weighted by Gasteiger charge is 2.43. The third-order valence-electron chi connectivity index (χ3n) is 6.65. The maximum absolute atomic E-state index is 13.3. The van der Waals surface area contributed by atoms with Crippen LogP contribution in [0.4, 0.5) is 0 Å². The molecule has 176 valence electrons. The van der Waals surface area contributed by atoms with E-state index in [2.05, 4.69) is 17.9 Å². The molecule has 31 heavy (non-hydrogen) atoms. The lowest BCUT2D eigenvalue weighted by Crippen LogP contribution is -2.54. The lowest BCUT2D eigenvalue weighted by Gasteiger charge is -2.34. The van der Waals surface area contributed by atoms with E-state index in [-0.39, 0.29) is 55.4 Å². The van der Waals surface area contributed by atoms with E-state index in [4.69, 9.17) is 5.11 Å². The van der Waals surface area contributed by atoms with E-state index in [0.29, 0.717) is 25.9 Å². The number of thiol groups is 1. The number of carboxylic acids is 1. The van der Waals surface area contributed by atoms with Crippen LogP contribution in [0.2, 0.25) is 0 Å². The van der Waals surface area contributed by atoms with Crippen LogP contribution in [0.25, 0.3) is 0 Å². The molecule has 1 aliphatic carbocycles. The van der Waals surface area contributed by atoms with Crippen molar-refractivity contribution >= 4 is 49.8 Å². The molecule has 0 bridgehead atoms. The summed E-state index contributed by atoms with van der Waals surface area (Å²) in [6.45, 7) is 1.09. The summed E-state index contributed by atoms with van der Waals surface area (Å²) in [5.74, 6) is -1.24. The number of rotatable bonds is 7. The number of carbonyl (C=O) groups excluding carboxylic acids is 3. The van der Waals surface area contributed by atoms with Gasteiger partial charge in [0.1, 0.15) is 12.1 Å². The lowest BCUT2D eigenvalue weighted by molar-refractivity contribution is -0.146. The number of carboxylic acid groups (broad SMARTS) is 1. The highest BCUT2D eigenvalue weighted by Crippen LogP contribution is 2.32. The van der Waals surface area contributed by atoms with Crippen LogP contribution in [-0.2, 0) is 19.2 Å². The Kier molecular flexibility index (Phi) is 9.99. The molecule has 2 aliphatic heterocycles. The molecule has 2 saturated heterocycles. The maximum Gasteiger partial charge on any atom is 0.305 e. The summed E-state index contributed by atoms with van der Waals surface area (Å²) < 4.78 is 0. The summed E-state index contributed by atoms with van der Waals surface area (Å²) in [4.78, 5) is 52.9. The molecule has 0 aromatic carbocycles. The van der Waals surface area contributed by atoms with Gasteiger partial charge >= 0.3 is 5.97 Å². The average Bonchev–Trinajstić information content (AvgIpc) is 3.42. The second-order valence-electron chi connectivity index (χ2n) is 8.66. The Morgan fingerprint density at radius 1 is 0.903 bits per heavy atom. The molecule has 10 heteroatoms. The van der Waals surface area contributed by atoms with Gasteiger partial charge in [-0.2, -0.15) is 26.1 Å². The van der Waals surface area contributed by atoms with Gasteiger partial charge in [-0.05, 0) is 44.4 Å². The van der Waals surface area contributed by atoms with Crippen molar-refractivity contribution in [3.63, 3.8) is 0 Å². The van der Waals surface area contributed by atoms with E-state index < -0.39 is 18.1 Å². The predicted molar refractivity (Wildman–Crippen MR) is 124 cm³/mol. The first kappa shape index (κ1) is 25.8. The Bertz CT molecular complexity index is 671. The minimum atomic E-state index is -0.978. The van der Waals surface area contributed by atoms with Crippen LogP contribution >= 0.6 is 26.1 Å². The quantitative estimate of drug-likeness (QED) is 0.487. The van der Waals surface area contributed by atoms with E-state index in [9.17, 15) is 19.2 Å². The summed E-state index contributed by atoms with van der Waals surface area (Å²) in [6.07, 6.45) is 8.00. The van der Waals surface area contributed by atoms with Crippen molar-refractivity contribution in [2.24, 2.45) is 5.92 Å². The zero-order valence-corrected chi connectivity index (χ0v) is 19.8. The van der Waals surface area contributed by atoms with Gasteiger partial charge in [0.25, 0.3) is 0 Å². The van der Waals surface area contributed by atoms with Crippen molar-refractivity contribution in [1.29, 1.82) is 0 Å². The topological polar surface area (TPSA) is 107 Å². The molecule has 3 aliphatic rings. The standard InChI is InChI=1S/C21H33N3O5S.H2S/c25-17(26)10-11-22-19(27)15-8-4-12-23(15)20(28)16-9-5-13-24(16)21(29)18(30)14-6-2-1-3-7-14;/h14-16,18,30H,1-13H2,(H,22,27)(H,25,26);1H2. The van der Waals surface area contributed by atoms with Crippen molar-refractivity contribution < 1.29 is 24.3 Å². The van der Waals surface area contributed by atoms with Crippen LogP contribution in [-0.4, -0.2) is 75.6 Å². The molecular weight excluding hydrogens is 438 g/mol. The Balaban J connectivity index is 0.00000341. The van der Waals surface area contributed by atoms with Gasteiger partial charge in [-0.25, -0.2) is 0 Å². The Morgan fingerprint density at radius 3 is 2.16 bits per heavy atom. The summed E-state index contributed by atoms with van der Waals surface area (Å²) in [5.41, 5.74) is 0. The fourth-order valence-corrected chi connectivity index (χ4v) is 5.46. The van der Waals surface area contributed by atoms with E-state index in [1.807, 2.05) is 0 Å². The number of hydrogen-bond donors (Lipinski definition) is 3. The second-order valence-corrected chi connectivity index (χ2v) is 9.21. The van der Waals surface area contributed by atoms with Crippen LogP contribution < -0.4 is 5.32 Å². The third kappa shape index (κ3) is 6.31. The van der Waals surface area contributed by atoms with Gasteiger partial charge in [0.15, 0.2) is 0 Å². The van der Waals surface area contributed by atoms with Gasteiger partial charge in [-0.1, -0.05) is 19.3 Å². The van der Waals surface area contributed by atoms with Crippen LogP contribution in [0.5, 0.6) is 0 Å². The first-order valence-corrected chi connectivity index (χ1v) is 11.7. The molecular formula is C21H35N3O5S2. The fraction of sp³-hybridized carbons (Fsp3) is 0.810. The van der Waals surface area contributed by atoms with Crippen molar-refractivity contribution in [1.82, 2.24) is 15.1 Å². The molecule has 2 heterocycles. The van der Waals surface area contributed by atoms with Gasteiger partial charge in [-0.3, -0.25) is 19.2 Å². The van der Waals surface area contributed by atoms with Crippen LogP contribution in [0.3, 0.4) is 0 Å². The largest absolute Gasteiger partial charge is 0.481 e. The van der Waals surface area contributed by atoms with Crippen molar-refractivity contribution in [2.75, 3.05) is 19.6 Å². The minimum Gasteiger partial charge on any atom is -0.481 e. The number of hydrogen-bond acceptors (Lipinski definition) is 5. The lowest BCUT2D eigenvalue weighted by atomic mass is 9.86. The van der Waals surface area contributed by atoms with Crippen LogP contribution in [0.1, 0.15) is 64.2 Å². The zero-order chi connectivity index (χ0) is 21.7. The highest BCUT2D eigenvalue weighted by atomic mass is 32.1. The summed E-state index contributed by atoms with van der Waals surface area (Å²) in [5, 5.41) is 11.0. The number of likely N-dealkylation sites (tertiary alicyclic amines) is 2. The molecule has 3 fully saturated rings. The van der Waals surface area contributed by atoms with E-state index in [1.54, 1.807) is 9.80 Å². The highest BCUT2D eigenvalue weighted by molar-refractivity contribution is 7.81. The predicted octanol–water partition coefficient (Wildman–Crippen LogP) is 1.55. The smallest absolute Gasteiger partial charge is 0.305 e. The van der Waals surface area contributed by atoms with Crippen molar-refractivity contribution in [3.8, 4) is 0 Å². The molecule has 3 rings (SSSR count). The molecule has 0 radical (unpaired) electrons. The van der Waals surface area contributed by atoms with Crippen LogP contribution in [0, 0.1) is 5.92 Å². The number of nitrogens with one attached hydrogen (secondary N) is 1. The number of carbonyl (C=O) groups is 4. The Labute approximate surface area is 196 Å². The van der Waals surface area contributed by atoms with Gasteiger partial charge in [-0.15, -0.1) is 0 Å². The fourth-order valence-electron chi connectivity index (χ4n) is 5.01. The average molecular weight is 474 g/mol. The monoisotopic (exact) mass is 473 g/mol. The van der Waals surface area contributed by atoms with Gasteiger partial charge < -0.3 is 20.2 Å². The molecule has 0 spiro atoms. The molecule has 2 N–H and O–H groups in total. The Morgan fingerprint density at radius 2 is 1.52 bits per heavy atom. The van der Waals surface area contributed by atoms with E-state index >= 15 is 0 Å². The summed E-state index contributed by atoms with van der Waals surface area (Å²) in [7, 11) is 0. The number of aliphatic carboxylic acids is 1. The molecule has 3 atom stereocenters. The molecule has 3 unspecified atom stereocenters. The van der Waals surface area contributed by atoms with Crippen LogP contribution in [0.15, 0.2) is 0 Å². The van der Waals surface area contributed by atoms with Gasteiger partial charge in [0, 0.05) is 19.6 Å².